The Kier molecular flexibility index (Phi) is 3.21. The highest BCUT2D eigenvalue weighted by Crippen LogP contribution is 2.36. The molecule has 1 aromatic heterocycles. The van der Waals surface area contributed by atoms with Gasteiger partial charge in [-0.05, 0) is 25.0 Å². The third-order valence-electron chi connectivity index (χ3n) is 3.85. The van der Waals surface area contributed by atoms with Crippen LogP contribution in [0.15, 0.2) is 30.5 Å². The molecule has 108 valence electrons. The number of benzene rings is 1. The summed E-state index contributed by atoms with van der Waals surface area (Å²) in [4.78, 5) is 25.6. The molecule has 0 fully saturated rings. The lowest BCUT2D eigenvalue weighted by Gasteiger charge is -2.32. The highest BCUT2D eigenvalue weighted by molar-refractivity contribution is 6.07. The van der Waals surface area contributed by atoms with Crippen molar-refractivity contribution >= 4 is 17.6 Å². The first-order valence-electron chi connectivity index (χ1n) is 6.73. The topological polar surface area (TPSA) is 86.3 Å². The number of hydrogen-bond donors (Lipinski definition) is 2. The van der Waals surface area contributed by atoms with Gasteiger partial charge < -0.3 is 10.0 Å². The summed E-state index contributed by atoms with van der Waals surface area (Å²) in [5, 5.41) is 15.9. The minimum atomic E-state index is -0.853. The van der Waals surface area contributed by atoms with E-state index in [1.807, 2.05) is 6.07 Å². The van der Waals surface area contributed by atoms with Crippen molar-refractivity contribution in [2.45, 2.75) is 19.3 Å². The predicted octanol–water partition coefficient (Wildman–Crippen LogP) is 1.94. The molecule has 1 amide bonds. The molecule has 2 heterocycles. The minimum Gasteiger partial charge on any atom is -0.481 e. The van der Waals surface area contributed by atoms with Gasteiger partial charge in [-0.25, -0.2) is 0 Å². The van der Waals surface area contributed by atoms with Crippen LogP contribution in [-0.4, -0.2) is 33.7 Å². The molecule has 0 spiro atoms. The maximum absolute atomic E-state index is 12.6. The molecule has 3 rings (SSSR count). The van der Waals surface area contributed by atoms with E-state index in [9.17, 15) is 14.7 Å². The number of H-pyrrole nitrogens is 1. The van der Waals surface area contributed by atoms with E-state index in [0.29, 0.717) is 35.5 Å². The molecule has 0 radical (unpaired) electrons. The van der Waals surface area contributed by atoms with E-state index in [4.69, 9.17) is 0 Å². The van der Waals surface area contributed by atoms with Crippen LogP contribution in [0.25, 0.3) is 0 Å². The lowest BCUT2D eigenvalue weighted by Crippen LogP contribution is -2.38. The van der Waals surface area contributed by atoms with Crippen molar-refractivity contribution in [2.24, 2.45) is 0 Å². The Hall–Kier alpha value is -2.63. The molecule has 1 unspecified atom stereocenters. The highest BCUT2D eigenvalue weighted by atomic mass is 16.4. The summed E-state index contributed by atoms with van der Waals surface area (Å²) >= 11 is 0. The summed E-state index contributed by atoms with van der Waals surface area (Å²) in [6, 6.07) is 7.17. The van der Waals surface area contributed by atoms with Gasteiger partial charge in [-0.3, -0.25) is 14.7 Å². The Morgan fingerprint density at radius 1 is 1.38 bits per heavy atom. The van der Waals surface area contributed by atoms with Gasteiger partial charge in [0.15, 0.2) is 0 Å². The second-order valence-corrected chi connectivity index (χ2v) is 5.10. The zero-order chi connectivity index (χ0) is 15.0. The first-order valence-corrected chi connectivity index (χ1v) is 6.73. The quantitative estimate of drug-likeness (QED) is 0.882. The van der Waals surface area contributed by atoms with Crippen LogP contribution < -0.4 is 4.90 Å². The van der Waals surface area contributed by atoms with Crippen molar-refractivity contribution in [1.29, 1.82) is 0 Å². The number of nitrogens with zero attached hydrogens (tertiary/aromatic N) is 2. The average molecular weight is 285 g/mol. The van der Waals surface area contributed by atoms with Crippen LogP contribution in [-0.2, 0) is 4.79 Å². The highest BCUT2D eigenvalue weighted by Gasteiger charge is 2.33. The van der Waals surface area contributed by atoms with Gasteiger partial charge in [0, 0.05) is 17.9 Å². The first-order chi connectivity index (χ1) is 10.1. The van der Waals surface area contributed by atoms with E-state index in [1.165, 1.54) is 6.20 Å². The van der Waals surface area contributed by atoms with Gasteiger partial charge in [0.25, 0.3) is 5.91 Å². The summed E-state index contributed by atoms with van der Waals surface area (Å²) in [6.07, 6.45) is 1.92. The molecule has 0 bridgehead atoms. The number of carboxylic acids is 1. The smallest absolute Gasteiger partial charge is 0.311 e. The zero-order valence-corrected chi connectivity index (χ0v) is 11.5. The number of aliphatic carboxylic acids is 1. The van der Waals surface area contributed by atoms with Gasteiger partial charge in [0.05, 0.1) is 17.7 Å². The Balaban J connectivity index is 2.02. The third kappa shape index (κ3) is 2.18. The maximum atomic E-state index is 12.6. The molecule has 2 N–H and O–H groups in total. The number of hydrogen-bond acceptors (Lipinski definition) is 3. The zero-order valence-electron chi connectivity index (χ0n) is 11.5. The van der Waals surface area contributed by atoms with Crippen LogP contribution in [0.4, 0.5) is 5.69 Å². The van der Waals surface area contributed by atoms with Gasteiger partial charge in [-0.15, -0.1) is 0 Å². The third-order valence-corrected chi connectivity index (χ3v) is 3.85. The Morgan fingerprint density at radius 3 is 2.81 bits per heavy atom. The number of fused-ring (bicyclic) bond motifs is 1. The second-order valence-electron chi connectivity index (χ2n) is 5.10. The molecule has 1 aliphatic heterocycles. The van der Waals surface area contributed by atoms with Crippen LogP contribution in [0.1, 0.15) is 34.0 Å². The summed E-state index contributed by atoms with van der Waals surface area (Å²) in [5.74, 6) is -1.57. The van der Waals surface area contributed by atoms with Crippen LogP contribution in [0.2, 0.25) is 0 Å². The maximum Gasteiger partial charge on any atom is 0.311 e. The summed E-state index contributed by atoms with van der Waals surface area (Å²) in [6.45, 7) is 2.17. The number of anilines is 1. The normalized spacial score (nSPS) is 17.4. The number of carbonyl (C=O) groups is 2. The van der Waals surface area contributed by atoms with Gasteiger partial charge in [0.2, 0.25) is 0 Å². The summed E-state index contributed by atoms with van der Waals surface area (Å²) in [5.41, 5.74) is 2.57. The SMILES string of the molecule is Cc1[nH]ncc1C(=O)N1CCC(C(=O)O)c2ccccc21. The van der Waals surface area contributed by atoms with Crippen LogP contribution in [0.3, 0.4) is 0 Å². The standard InChI is InChI=1S/C15H15N3O3/c1-9-12(8-16-17-9)14(19)18-7-6-11(15(20)21)10-4-2-3-5-13(10)18/h2-5,8,11H,6-7H2,1H3,(H,16,17)(H,20,21). The number of aromatic nitrogens is 2. The number of para-hydroxylation sites is 1. The molecule has 0 saturated carbocycles. The number of aryl methyl sites for hydroxylation is 1. The molecule has 1 aromatic carbocycles. The number of rotatable bonds is 2. The first kappa shape index (κ1) is 13.4. The largest absolute Gasteiger partial charge is 0.481 e. The van der Waals surface area contributed by atoms with E-state index in [1.54, 1.807) is 30.0 Å². The van der Waals surface area contributed by atoms with Crippen molar-refractivity contribution < 1.29 is 14.7 Å². The molecule has 6 heteroatoms. The van der Waals surface area contributed by atoms with Gasteiger partial charge >= 0.3 is 5.97 Å². The second kappa shape index (κ2) is 5.05. The molecule has 6 nitrogen and oxygen atoms in total. The van der Waals surface area contributed by atoms with Gasteiger partial charge in [0.1, 0.15) is 0 Å². The number of carbonyl (C=O) groups excluding carboxylic acids is 1. The number of aromatic amines is 1. The number of amides is 1. The fourth-order valence-corrected chi connectivity index (χ4v) is 2.74. The van der Waals surface area contributed by atoms with Crippen LogP contribution >= 0.6 is 0 Å². The molecule has 0 saturated heterocycles. The van der Waals surface area contributed by atoms with Crippen molar-refractivity contribution in [3.05, 3.63) is 47.3 Å². The van der Waals surface area contributed by atoms with Crippen LogP contribution in [0.5, 0.6) is 0 Å². The number of carboxylic acid groups (broad SMARTS) is 1. The summed E-state index contributed by atoms with van der Waals surface area (Å²) in [7, 11) is 0. The Labute approximate surface area is 121 Å². The average Bonchev–Trinajstić information content (AvgIpc) is 2.91. The lowest BCUT2D eigenvalue weighted by molar-refractivity contribution is -0.139. The van der Waals surface area contributed by atoms with E-state index < -0.39 is 11.9 Å². The van der Waals surface area contributed by atoms with Gasteiger partial charge in [-0.2, -0.15) is 5.10 Å². The fourth-order valence-electron chi connectivity index (χ4n) is 2.74. The van der Waals surface area contributed by atoms with Crippen molar-refractivity contribution in [3.8, 4) is 0 Å². The van der Waals surface area contributed by atoms with Gasteiger partial charge in [-0.1, -0.05) is 18.2 Å². The minimum absolute atomic E-state index is 0.155. The molecule has 1 atom stereocenters. The van der Waals surface area contributed by atoms with Crippen molar-refractivity contribution in [3.63, 3.8) is 0 Å². The number of nitrogens with one attached hydrogen (secondary N) is 1. The Morgan fingerprint density at radius 2 is 2.14 bits per heavy atom. The van der Waals surface area contributed by atoms with Crippen LogP contribution in [0, 0.1) is 6.92 Å². The van der Waals surface area contributed by atoms with E-state index in [2.05, 4.69) is 10.2 Å². The molecular weight excluding hydrogens is 270 g/mol. The Bertz CT molecular complexity index is 708. The predicted molar refractivity (Wildman–Crippen MR) is 76.4 cm³/mol. The van der Waals surface area contributed by atoms with Crippen molar-refractivity contribution in [2.75, 3.05) is 11.4 Å². The van der Waals surface area contributed by atoms with E-state index in [-0.39, 0.29) is 5.91 Å². The molecule has 1 aliphatic rings. The molecular formula is C15H15N3O3. The molecule has 2 aromatic rings. The van der Waals surface area contributed by atoms with Crippen molar-refractivity contribution in [1.82, 2.24) is 10.2 Å². The molecule has 21 heavy (non-hydrogen) atoms. The van der Waals surface area contributed by atoms with E-state index >= 15 is 0 Å². The molecule has 0 aliphatic carbocycles. The monoisotopic (exact) mass is 285 g/mol. The lowest BCUT2D eigenvalue weighted by atomic mass is 9.89. The fraction of sp³-hybridized carbons (Fsp3) is 0.267. The van der Waals surface area contributed by atoms with E-state index in [0.717, 1.165) is 0 Å². The summed E-state index contributed by atoms with van der Waals surface area (Å²) < 4.78 is 0.